The van der Waals surface area contributed by atoms with E-state index in [4.69, 9.17) is 0 Å². The van der Waals surface area contributed by atoms with Crippen molar-refractivity contribution in [2.24, 2.45) is 7.05 Å². The molecule has 4 rings (SSSR count). The molecule has 0 spiro atoms. The van der Waals surface area contributed by atoms with E-state index in [2.05, 4.69) is 20.2 Å². The van der Waals surface area contributed by atoms with E-state index in [1.54, 1.807) is 27.5 Å². The topological polar surface area (TPSA) is 98.3 Å². The molecular weight excluding hydrogens is 354 g/mol. The van der Waals surface area contributed by atoms with Gasteiger partial charge in [-0.2, -0.15) is 19.5 Å². The number of hydrogen-bond donors (Lipinski definition) is 0. The molecular formula is C16H21N7O2S. The molecule has 1 aliphatic rings. The van der Waals surface area contributed by atoms with Gasteiger partial charge in [-0.3, -0.25) is 4.68 Å². The van der Waals surface area contributed by atoms with Gasteiger partial charge in [-0.05, 0) is 38.2 Å². The van der Waals surface area contributed by atoms with Crippen LogP contribution in [-0.4, -0.2) is 55.2 Å². The smallest absolute Gasteiger partial charge is 0.252 e. The number of nitrogens with zero attached hydrogens (tertiary/aromatic N) is 7. The van der Waals surface area contributed by atoms with E-state index < -0.39 is 10.0 Å². The first-order valence-electron chi connectivity index (χ1n) is 8.53. The minimum absolute atomic E-state index is 0.262. The summed E-state index contributed by atoms with van der Waals surface area (Å²) in [4.78, 5) is 8.88. The van der Waals surface area contributed by atoms with E-state index in [0.717, 1.165) is 24.1 Å². The summed E-state index contributed by atoms with van der Waals surface area (Å²) in [6.07, 6.45) is 6.38. The fraction of sp³-hybridized carbons (Fsp3) is 0.500. The Morgan fingerprint density at radius 1 is 1.15 bits per heavy atom. The second-order valence-electron chi connectivity index (χ2n) is 6.68. The normalized spacial score (nSPS) is 17.2. The van der Waals surface area contributed by atoms with Crippen molar-refractivity contribution in [3.63, 3.8) is 0 Å². The molecule has 26 heavy (non-hydrogen) atoms. The lowest BCUT2D eigenvalue weighted by atomic mass is 9.90. The molecule has 0 atom stereocenters. The molecule has 3 aromatic rings. The fourth-order valence-corrected chi connectivity index (χ4v) is 5.19. The summed E-state index contributed by atoms with van der Waals surface area (Å²) in [6.45, 7) is 4.70. The molecule has 1 saturated heterocycles. The third kappa shape index (κ3) is 2.69. The van der Waals surface area contributed by atoms with Gasteiger partial charge in [0, 0.05) is 32.0 Å². The quantitative estimate of drug-likeness (QED) is 0.678. The van der Waals surface area contributed by atoms with Crippen molar-refractivity contribution in [2.45, 2.75) is 37.5 Å². The fourth-order valence-electron chi connectivity index (χ4n) is 3.53. The summed E-state index contributed by atoms with van der Waals surface area (Å²) < 4.78 is 30.6. The van der Waals surface area contributed by atoms with Gasteiger partial charge >= 0.3 is 0 Å². The Kier molecular flexibility index (Phi) is 4.03. The number of hydrogen-bond acceptors (Lipinski definition) is 6. The summed E-state index contributed by atoms with van der Waals surface area (Å²) in [5.41, 5.74) is 2.69. The Bertz CT molecular complexity index is 1060. The molecule has 0 radical (unpaired) electrons. The lowest BCUT2D eigenvalue weighted by Crippen LogP contribution is -2.38. The van der Waals surface area contributed by atoms with E-state index >= 15 is 0 Å². The van der Waals surface area contributed by atoms with Crippen LogP contribution in [0.15, 0.2) is 23.6 Å². The van der Waals surface area contributed by atoms with E-state index in [1.165, 1.54) is 12.5 Å². The molecule has 138 valence electrons. The van der Waals surface area contributed by atoms with Gasteiger partial charge in [-0.15, -0.1) is 0 Å². The highest BCUT2D eigenvalue weighted by atomic mass is 32.2. The molecule has 10 heteroatoms. The van der Waals surface area contributed by atoms with Crippen molar-refractivity contribution in [1.82, 2.24) is 33.7 Å². The van der Waals surface area contributed by atoms with E-state index in [1.807, 2.05) is 13.1 Å². The predicted molar refractivity (Wildman–Crippen MR) is 94.2 cm³/mol. The van der Waals surface area contributed by atoms with Crippen LogP contribution >= 0.6 is 0 Å². The Morgan fingerprint density at radius 3 is 2.54 bits per heavy atom. The number of rotatable bonds is 3. The Labute approximate surface area is 151 Å². The lowest BCUT2D eigenvalue weighted by Gasteiger charge is -2.31. The third-order valence-electron chi connectivity index (χ3n) is 5.20. The molecule has 0 N–H and O–H groups in total. The summed E-state index contributed by atoms with van der Waals surface area (Å²) >= 11 is 0. The Hall–Kier alpha value is -2.33. The molecule has 0 aliphatic carbocycles. The zero-order valence-corrected chi connectivity index (χ0v) is 15.8. The van der Waals surface area contributed by atoms with Crippen molar-refractivity contribution in [3.05, 3.63) is 35.7 Å². The van der Waals surface area contributed by atoms with Gasteiger partial charge in [-0.1, -0.05) is 0 Å². The predicted octanol–water partition coefficient (Wildman–Crippen LogP) is 1.04. The molecule has 0 unspecified atom stereocenters. The van der Waals surface area contributed by atoms with Crippen molar-refractivity contribution in [3.8, 4) is 0 Å². The molecule has 3 aromatic heterocycles. The largest absolute Gasteiger partial charge is 0.272 e. The first-order chi connectivity index (χ1) is 12.4. The number of piperidine rings is 1. The number of fused-ring (bicyclic) bond motifs is 1. The highest BCUT2D eigenvalue weighted by Crippen LogP contribution is 2.32. The van der Waals surface area contributed by atoms with Gasteiger partial charge in [0.25, 0.3) is 5.78 Å². The minimum atomic E-state index is -3.51. The Morgan fingerprint density at radius 2 is 1.88 bits per heavy atom. The van der Waals surface area contributed by atoms with Gasteiger partial charge in [0.15, 0.2) is 0 Å². The molecule has 9 nitrogen and oxygen atoms in total. The average Bonchev–Trinajstić information content (AvgIpc) is 3.21. The summed E-state index contributed by atoms with van der Waals surface area (Å²) in [7, 11) is -1.76. The van der Waals surface area contributed by atoms with Crippen LogP contribution in [-0.2, 0) is 17.1 Å². The van der Waals surface area contributed by atoms with Gasteiger partial charge < -0.3 is 0 Å². The zero-order chi connectivity index (χ0) is 18.5. The van der Waals surface area contributed by atoms with Crippen LogP contribution in [0.25, 0.3) is 5.78 Å². The van der Waals surface area contributed by atoms with Crippen molar-refractivity contribution in [1.29, 1.82) is 0 Å². The van der Waals surface area contributed by atoms with Gasteiger partial charge in [0.05, 0.1) is 11.9 Å². The summed E-state index contributed by atoms with van der Waals surface area (Å²) in [5, 5.41) is 8.21. The molecule has 4 heterocycles. The molecule has 0 amide bonds. The van der Waals surface area contributed by atoms with Gasteiger partial charge in [-0.25, -0.2) is 17.9 Å². The highest BCUT2D eigenvalue weighted by molar-refractivity contribution is 7.89. The number of sulfonamides is 1. The maximum absolute atomic E-state index is 12.9. The number of aryl methyl sites for hydroxylation is 2. The van der Waals surface area contributed by atoms with Crippen molar-refractivity contribution >= 4 is 15.8 Å². The minimum Gasteiger partial charge on any atom is -0.272 e. The van der Waals surface area contributed by atoms with E-state index in [-0.39, 0.29) is 5.92 Å². The summed E-state index contributed by atoms with van der Waals surface area (Å²) in [5.74, 6) is 0.843. The molecule has 0 bridgehead atoms. The number of aromatic nitrogens is 6. The molecule has 1 fully saturated rings. The van der Waals surface area contributed by atoms with Crippen LogP contribution < -0.4 is 0 Å². The van der Waals surface area contributed by atoms with Crippen LogP contribution in [0.1, 0.15) is 35.7 Å². The SMILES string of the molecule is Cc1nc2ncnn2cc1C1CCN(S(=O)(=O)c2cnn(C)c2C)CC1. The highest BCUT2D eigenvalue weighted by Gasteiger charge is 2.32. The lowest BCUT2D eigenvalue weighted by molar-refractivity contribution is 0.318. The monoisotopic (exact) mass is 375 g/mol. The molecule has 0 saturated carbocycles. The van der Waals surface area contributed by atoms with Crippen LogP contribution in [0.2, 0.25) is 0 Å². The van der Waals surface area contributed by atoms with Gasteiger partial charge in [0.2, 0.25) is 10.0 Å². The summed E-state index contributed by atoms with van der Waals surface area (Å²) in [6, 6.07) is 0. The Balaban J connectivity index is 1.55. The third-order valence-corrected chi connectivity index (χ3v) is 7.20. The second kappa shape index (κ2) is 6.13. The van der Waals surface area contributed by atoms with Gasteiger partial charge in [0.1, 0.15) is 11.2 Å². The maximum Gasteiger partial charge on any atom is 0.252 e. The van der Waals surface area contributed by atoms with Crippen molar-refractivity contribution < 1.29 is 8.42 Å². The van der Waals surface area contributed by atoms with Crippen LogP contribution in [0.3, 0.4) is 0 Å². The van der Waals surface area contributed by atoms with Crippen LogP contribution in [0.4, 0.5) is 0 Å². The second-order valence-corrected chi connectivity index (χ2v) is 8.59. The average molecular weight is 375 g/mol. The molecule has 0 aromatic carbocycles. The molecule has 1 aliphatic heterocycles. The van der Waals surface area contributed by atoms with Crippen LogP contribution in [0.5, 0.6) is 0 Å². The first kappa shape index (κ1) is 17.1. The standard InChI is InChI=1S/C16H21N7O2S/c1-11-14(9-23-16(20-11)17-10-19-23)13-4-6-22(7-5-13)26(24,25)15-8-18-21(3)12(15)2/h8-10,13H,4-7H2,1-3H3. The van der Waals surface area contributed by atoms with Crippen molar-refractivity contribution in [2.75, 3.05) is 13.1 Å². The van der Waals surface area contributed by atoms with Crippen LogP contribution in [0, 0.1) is 13.8 Å². The van der Waals surface area contributed by atoms with E-state index in [0.29, 0.717) is 29.5 Å². The first-order valence-corrected chi connectivity index (χ1v) is 9.97. The maximum atomic E-state index is 12.9. The van der Waals surface area contributed by atoms with E-state index in [9.17, 15) is 8.42 Å². The zero-order valence-electron chi connectivity index (χ0n) is 15.0.